The van der Waals surface area contributed by atoms with Crippen molar-refractivity contribution in [3.05, 3.63) is 45.2 Å². The molecule has 128 valence electrons. The molecule has 1 heterocycles. The van der Waals surface area contributed by atoms with Crippen LogP contribution in [0, 0.1) is 6.92 Å². The number of amides is 2. The average Bonchev–Trinajstić information content (AvgIpc) is 2.81. The van der Waals surface area contributed by atoms with Crippen LogP contribution in [0.2, 0.25) is 10.0 Å². The third-order valence-electron chi connectivity index (χ3n) is 3.17. The van der Waals surface area contributed by atoms with Crippen molar-refractivity contribution in [2.24, 2.45) is 11.5 Å². The maximum Gasteiger partial charge on any atom is 0.273 e. The number of carbonyl (C=O) groups is 2. The third kappa shape index (κ3) is 3.81. The highest BCUT2D eigenvalue weighted by atomic mass is 35.5. The smallest absolute Gasteiger partial charge is 0.273 e. The molecule has 7 nitrogen and oxygen atoms in total. The number of aromatic amines is 1. The van der Waals surface area contributed by atoms with Gasteiger partial charge in [0.05, 0.1) is 15.7 Å². The van der Waals surface area contributed by atoms with Crippen LogP contribution in [0.4, 0.5) is 5.69 Å². The molecule has 0 bridgehead atoms. The summed E-state index contributed by atoms with van der Waals surface area (Å²) in [6.07, 6.45) is 0. The molecule has 0 aliphatic heterocycles. The molecule has 0 saturated carbocycles. The van der Waals surface area contributed by atoms with E-state index in [1.54, 1.807) is 6.92 Å². The van der Waals surface area contributed by atoms with Crippen LogP contribution in [-0.4, -0.2) is 29.9 Å². The first-order valence-corrected chi connectivity index (χ1v) is 7.72. The van der Waals surface area contributed by atoms with Crippen LogP contribution in [0.1, 0.15) is 26.5 Å². The Labute approximate surface area is 148 Å². The lowest BCUT2D eigenvalue weighted by Crippen LogP contribution is -2.17. The summed E-state index contributed by atoms with van der Waals surface area (Å²) in [5.41, 5.74) is 11.8. The molecule has 2 rings (SSSR count). The van der Waals surface area contributed by atoms with E-state index in [4.69, 9.17) is 39.4 Å². The molecule has 0 unspecified atom stereocenters. The van der Waals surface area contributed by atoms with Crippen LogP contribution in [-0.2, 0) is 0 Å². The van der Waals surface area contributed by atoms with Gasteiger partial charge >= 0.3 is 0 Å². The Morgan fingerprint density at radius 2 is 2.00 bits per heavy atom. The molecule has 0 aliphatic carbocycles. The average molecular weight is 371 g/mol. The predicted octanol–water partition coefficient (Wildman–Crippen LogP) is 2.32. The zero-order valence-electron chi connectivity index (χ0n) is 12.8. The van der Waals surface area contributed by atoms with Crippen LogP contribution >= 0.6 is 23.2 Å². The highest BCUT2D eigenvalue weighted by Gasteiger charge is 2.20. The summed E-state index contributed by atoms with van der Waals surface area (Å²) in [5, 5.41) is 3.01. The molecule has 1 aromatic heterocycles. The number of primary amides is 1. The summed E-state index contributed by atoms with van der Waals surface area (Å²) in [4.78, 5) is 26.6. The second-order valence-electron chi connectivity index (χ2n) is 4.92. The number of rotatable bonds is 6. The van der Waals surface area contributed by atoms with Crippen LogP contribution in [0.25, 0.3) is 0 Å². The largest absolute Gasteiger partial charge is 0.490 e. The molecule has 6 N–H and O–H groups in total. The maximum absolute atomic E-state index is 12.4. The first-order valence-electron chi connectivity index (χ1n) is 6.96. The van der Waals surface area contributed by atoms with Crippen molar-refractivity contribution < 1.29 is 14.3 Å². The van der Waals surface area contributed by atoms with E-state index in [9.17, 15) is 9.59 Å². The maximum atomic E-state index is 12.4. The molecular formula is C15H16Cl2N4O3. The van der Waals surface area contributed by atoms with Gasteiger partial charge in [-0.25, -0.2) is 0 Å². The molecule has 2 amide bonds. The van der Waals surface area contributed by atoms with Gasteiger partial charge in [0.1, 0.15) is 18.1 Å². The number of nitrogens with one attached hydrogen (secondary N) is 2. The Morgan fingerprint density at radius 3 is 2.54 bits per heavy atom. The van der Waals surface area contributed by atoms with Crippen molar-refractivity contribution in [1.82, 2.24) is 4.98 Å². The van der Waals surface area contributed by atoms with Crippen molar-refractivity contribution in [2.45, 2.75) is 6.92 Å². The van der Waals surface area contributed by atoms with Crippen LogP contribution in [0.3, 0.4) is 0 Å². The molecule has 0 spiro atoms. The van der Waals surface area contributed by atoms with Crippen molar-refractivity contribution >= 4 is 40.7 Å². The summed E-state index contributed by atoms with van der Waals surface area (Å²) in [7, 11) is 0. The van der Waals surface area contributed by atoms with E-state index in [1.165, 1.54) is 18.2 Å². The standard InChI is InChI=1S/C15H16Cl2N4O3/c1-7-11(16)12(17)13(20-7)15(23)21-9-6-8(14(19)22)2-3-10(9)24-5-4-18/h2-3,6,20H,4-5,18H2,1H3,(H2,19,22)(H,21,23). The van der Waals surface area contributed by atoms with E-state index in [-0.39, 0.29) is 33.6 Å². The third-order valence-corrected chi connectivity index (χ3v) is 4.12. The second kappa shape index (κ2) is 7.57. The molecule has 1 aromatic carbocycles. The van der Waals surface area contributed by atoms with Crippen molar-refractivity contribution in [3.63, 3.8) is 0 Å². The Bertz CT molecular complexity index is 789. The minimum Gasteiger partial charge on any atom is -0.490 e. The molecule has 0 atom stereocenters. The van der Waals surface area contributed by atoms with Gasteiger partial charge in [-0.2, -0.15) is 0 Å². The number of benzene rings is 1. The molecular weight excluding hydrogens is 355 g/mol. The highest BCUT2D eigenvalue weighted by molar-refractivity contribution is 6.44. The summed E-state index contributed by atoms with van der Waals surface area (Å²) in [6.45, 7) is 2.23. The molecule has 0 fully saturated rings. The minimum absolute atomic E-state index is 0.105. The summed E-state index contributed by atoms with van der Waals surface area (Å²) in [6, 6.07) is 4.43. The normalized spacial score (nSPS) is 10.5. The van der Waals surface area contributed by atoms with Gasteiger partial charge in [0.2, 0.25) is 5.91 Å². The highest BCUT2D eigenvalue weighted by Crippen LogP contribution is 2.31. The molecule has 0 saturated heterocycles. The number of hydrogen-bond donors (Lipinski definition) is 4. The Morgan fingerprint density at radius 1 is 1.29 bits per heavy atom. The number of ether oxygens (including phenoxy) is 1. The number of halogens is 2. The lowest BCUT2D eigenvalue weighted by atomic mass is 10.1. The number of anilines is 1. The number of H-pyrrole nitrogens is 1. The van der Waals surface area contributed by atoms with Crippen LogP contribution < -0.4 is 21.5 Å². The fourth-order valence-electron chi connectivity index (χ4n) is 1.99. The van der Waals surface area contributed by atoms with E-state index in [2.05, 4.69) is 10.3 Å². The number of carbonyl (C=O) groups excluding carboxylic acids is 2. The second-order valence-corrected chi connectivity index (χ2v) is 5.68. The van der Waals surface area contributed by atoms with Gasteiger partial charge in [0.15, 0.2) is 0 Å². The first kappa shape index (κ1) is 18.1. The van der Waals surface area contributed by atoms with Crippen LogP contribution in [0.15, 0.2) is 18.2 Å². The van der Waals surface area contributed by atoms with Gasteiger partial charge in [-0.05, 0) is 25.1 Å². The Kier molecular flexibility index (Phi) is 5.71. The topological polar surface area (TPSA) is 123 Å². The van der Waals surface area contributed by atoms with Gasteiger partial charge in [0.25, 0.3) is 5.91 Å². The van der Waals surface area contributed by atoms with Gasteiger partial charge in [-0.3, -0.25) is 9.59 Å². The van der Waals surface area contributed by atoms with Crippen molar-refractivity contribution in [3.8, 4) is 5.75 Å². The number of aromatic nitrogens is 1. The van der Waals surface area contributed by atoms with E-state index in [1.807, 2.05) is 0 Å². The molecule has 24 heavy (non-hydrogen) atoms. The molecule has 0 aliphatic rings. The van der Waals surface area contributed by atoms with Crippen LogP contribution in [0.5, 0.6) is 5.75 Å². The van der Waals surface area contributed by atoms with Gasteiger partial charge in [-0.1, -0.05) is 23.2 Å². The molecule has 0 radical (unpaired) electrons. The Hall–Kier alpha value is -2.22. The molecule has 9 heteroatoms. The SMILES string of the molecule is Cc1[nH]c(C(=O)Nc2cc(C(N)=O)ccc2OCCN)c(Cl)c1Cl. The minimum atomic E-state index is -0.632. The van der Waals surface area contributed by atoms with E-state index in [0.29, 0.717) is 18.0 Å². The Balaban J connectivity index is 2.34. The fraction of sp³-hybridized carbons (Fsp3) is 0.200. The van der Waals surface area contributed by atoms with Gasteiger partial charge in [0, 0.05) is 17.8 Å². The zero-order chi connectivity index (χ0) is 17.9. The quantitative estimate of drug-likeness (QED) is 0.622. The lowest BCUT2D eigenvalue weighted by molar-refractivity contribution is 0.0995. The number of nitrogens with two attached hydrogens (primary N) is 2. The zero-order valence-corrected chi connectivity index (χ0v) is 14.3. The summed E-state index contributed by atoms with van der Waals surface area (Å²) in [5.74, 6) is -0.814. The fourth-order valence-corrected chi connectivity index (χ4v) is 2.41. The van der Waals surface area contributed by atoms with E-state index >= 15 is 0 Å². The number of hydrogen-bond acceptors (Lipinski definition) is 4. The predicted molar refractivity (Wildman–Crippen MR) is 93.0 cm³/mol. The summed E-state index contributed by atoms with van der Waals surface area (Å²) < 4.78 is 5.46. The van der Waals surface area contributed by atoms with E-state index in [0.717, 1.165) is 0 Å². The van der Waals surface area contributed by atoms with Gasteiger partial charge in [-0.15, -0.1) is 0 Å². The van der Waals surface area contributed by atoms with Crippen molar-refractivity contribution in [1.29, 1.82) is 0 Å². The number of aryl methyl sites for hydroxylation is 1. The summed E-state index contributed by atoms with van der Waals surface area (Å²) >= 11 is 12.0. The van der Waals surface area contributed by atoms with E-state index < -0.39 is 11.8 Å². The van der Waals surface area contributed by atoms with Crippen molar-refractivity contribution in [2.75, 3.05) is 18.5 Å². The lowest BCUT2D eigenvalue weighted by Gasteiger charge is -2.13. The van der Waals surface area contributed by atoms with Gasteiger partial charge < -0.3 is 26.5 Å². The molecule has 2 aromatic rings. The monoisotopic (exact) mass is 370 g/mol. The first-order chi connectivity index (χ1) is 11.3.